The molecule has 0 radical (unpaired) electrons. The maximum absolute atomic E-state index is 13.1. The Bertz CT molecular complexity index is 415. The molecule has 1 saturated carbocycles. The van der Waals surface area contributed by atoms with E-state index in [0.717, 1.165) is 30.9 Å². The van der Waals surface area contributed by atoms with Gasteiger partial charge in [-0.05, 0) is 49.4 Å². The fourth-order valence-electron chi connectivity index (χ4n) is 3.19. The van der Waals surface area contributed by atoms with Crippen molar-refractivity contribution in [2.45, 2.75) is 57.9 Å². The van der Waals surface area contributed by atoms with E-state index >= 15 is 0 Å². The molecule has 1 fully saturated rings. The number of benzene rings is 1. The maximum atomic E-state index is 13.1. The highest BCUT2D eigenvalue weighted by molar-refractivity contribution is 6.31. The predicted molar refractivity (Wildman–Crippen MR) is 83.8 cm³/mol. The summed E-state index contributed by atoms with van der Waals surface area (Å²) in [5.41, 5.74) is 1.06. The number of nitrogens with one attached hydrogen (secondary N) is 1. The molecule has 2 rings (SSSR count). The van der Waals surface area contributed by atoms with Gasteiger partial charge < -0.3 is 5.32 Å². The Hall–Kier alpha value is -0.600. The van der Waals surface area contributed by atoms with Crippen molar-refractivity contribution in [1.82, 2.24) is 5.32 Å². The zero-order valence-electron chi connectivity index (χ0n) is 12.3. The quantitative estimate of drug-likeness (QED) is 0.749. The number of halogens is 2. The summed E-state index contributed by atoms with van der Waals surface area (Å²) in [5, 5.41) is 4.19. The Balaban J connectivity index is 1.97. The maximum Gasteiger partial charge on any atom is 0.124 e. The monoisotopic (exact) mass is 297 g/mol. The fourth-order valence-corrected chi connectivity index (χ4v) is 3.43. The molecule has 0 spiro atoms. The lowest BCUT2D eigenvalue weighted by Gasteiger charge is -2.22. The lowest BCUT2D eigenvalue weighted by Crippen LogP contribution is -2.33. The Morgan fingerprint density at radius 3 is 2.75 bits per heavy atom. The summed E-state index contributed by atoms with van der Waals surface area (Å²) in [6, 6.07) is 5.21. The first-order valence-corrected chi connectivity index (χ1v) is 8.24. The molecule has 112 valence electrons. The smallest absolute Gasteiger partial charge is 0.124 e. The van der Waals surface area contributed by atoms with Gasteiger partial charge in [0.15, 0.2) is 0 Å². The largest absolute Gasteiger partial charge is 0.314 e. The highest BCUT2D eigenvalue weighted by Crippen LogP contribution is 2.30. The molecule has 20 heavy (non-hydrogen) atoms. The highest BCUT2D eigenvalue weighted by Gasteiger charge is 2.20. The van der Waals surface area contributed by atoms with Gasteiger partial charge in [-0.1, -0.05) is 50.3 Å². The summed E-state index contributed by atoms with van der Waals surface area (Å²) in [6.45, 7) is 3.22. The van der Waals surface area contributed by atoms with Crippen LogP contribution in [0.25, 0.3) is 0 Å². The van der Waals surface area contributed by atoms with E-state index in [0.29, 0.717) is 11.1 Å². The molecular weight excluding hydrogens is 273 g/mol. The van der Waals surface area contributed by atoms with E-state index in [1.54, 1.807) is 0 Å². The summed E-state index contributed by atoms with van der Waals surface area (Å²) in [4.78, 5) is 0. The van der Waals surface area contributed by atoms with Crippen molar-refractivity contribution in [3.8, 4) is 0 Å². The summed E-state index contributed by atoms with van der Waals surface area (Å²) in [6.07, 6.45) is 8.73. The second kappa shape index (κ2) is 7.99. The molecule has 0 bridgehead atoms. The van der Waals surface area contributed by atoms with Crippen LogP contribution in [0.2, 0.25) is 5.02 Å². The molecule has 3 heteroatoms. The van der Waals surface area contributed by atoms with Gasteiger partial charge in [-0.25, -0.2) is 4.39 Å². The van der Waals surface area contributed by atoms with Gasteiger partial charge in [0.2, 0.25) is 0 Å². The minimum absolute atomic E-state index is 0.257. The Morgan fingerprint density at radius 2 is 2.10 bits per heavy atom. The van der Waals surface area contributed by atoms with Crippen molar-refractivity contribution in [2.24, 2.45) is 5.92 Å². The van der Waals surface area contributed by atoms with Crippen LogP contribution in [0.4, 0.5) is 4.39 Å². The van der Waals surface area contributed by atoms with Crippen LogP contribution in [0.1, 0.15) is 51.0 Å². The molecule has 1 aliphatic rings. The molecule has 0 aromatic heterocycles. The summed E-state index contributed by atoms with van der Waals surface area (Å²) >= 11 is 6.16. The van der Waals surface area contributed by atoms with Crippen molar-refractivity contribution >= 4 is 11.6 Å². The van der Waals surface area contributed by atoms with Crippen LogP contribution in [-0.2, 0) is 6.42 Å². The standard InChI is InChI=1S/C17H25ClFN/c1-2-9-20-16(10-13-5-3-4-6-13)11-14-7-8-15(19)12-17(14)18/h7-8,12-13,16,20H,2-6,9-11H2,1H3. The van der Waals surface area contributed by atoms with Crippen molar-refractivity contribution < 1.29 is 4.39 Å². The molecule has 0 heterocycles. The van der Waals surface area contributed by atoms with Gasteiger partial charge >= 0.3 is 0 Å². The highest BCUT2D eigenvalue weighted by atomic mass is 35.5. The summed E-state index contributed by atoms with van der Waals surface area (Å²) in [7, 11) is 0. The van der Waals surface area contributed by atoms with E-state index in [1.807, 2.05) is 6.07 Å². The van der Waals surface area contributed by atoms with E-state index in [2.05, 4.69) is 12.2 Å². The van der Waals surface area contributed by atoms with Crippen LogP contribution >= 0.6 is 11.6 Å². The third kappa shape index (κ3) is 4.75. The topological polar surface area (TPSA) is 12.0 Å². The van der Waals surface area contributed by atoms with E-state index in [1.165, 1.54) is 44.2 Å². The first kappa shape index (κ1) is 15.8. The molecule has 1 aromatic carbocycles. The van der Waals surface area contributed by atoms with E-state index < -0.39 is 0 Å². The van der Waals surface area contributed by atoms with Gasteiger partial charge in [-0.3, -0.25) is 0 Å². The lowest BCUT2D eigenvalue weighted by atomic mass is 9.94. The molecular formula is C17H25ClFN. The molecule has 1 aliphatic carbocycles. The number of hydrogen-bond donors (Lipinski definition) is 1. The van der Waals surface area contributed by atoms with Gasteiger partial charge in [0, 0.05) is 11.1 Å². The van der Waals surface area contributed by atoms with Gasteiger partial charge in [0.25, 0.3) is 0 Å². The molecule has 0 saturated heterocycles. The molecule has 1 aromatic rings. The van der Waals surface area contributed by atoms with Crippen LogP contribution in [-0.4, -0.2) is 12.6 Å². The average molecular weight is 298 g/mol. The molecule has 0 aliphatic heterocycles. The molecule has 1 unspecified atom stereocenters. The van der Waals surface area contributed by atoms with Crippen LogP contribution in [0.5, 0.6) is 0 Å². The minimum atomic E-state index is -0.257. The SMILES string of the molecule is CCCNC(Cc1ccc(F)cc1Cl)CC1CCCC1. The minimum Gasteiger partial charge on any atom is -0.314 e. The molecule has 1 nitrogen and oxygen atoms in total. The fraction of sp³-hybridized carbons (Fsp3) is 0.647. The summed E-state index contributed by atoms with van der Waals surface area (Å²) in [5.74, 6) is 0.594. The Morgan fingerprint density at radius 1 is 1.35 bits per heavy atom. The first-order valence-electron chi connectivity index (χ1n) is 7.86. The third-order valence-electron chi connectivity index (χ3n) is 4.26. The zero-order valence-corrected chi connectivity index (χ0v) is 13.1. The Labute approximate surface area is 126 Å². The number of hydrogen-bond acceptors (Lipinski definition) is 1. The van der Waals surface area contributed by atoms with Crippen molar-refractivity contribution in [3.05, 3.63) is 34.6 Å². The normalized spacial score (nSPS) is 17.6. The zero-order chi connectivity index (χ0) is 14.4. The number of rotatable bonds is 7. The van der Waals surface area contributed by atoms with Gasteiger partial charge in [0.05, 0.1) is 0 Å². The molecule has 0 amide bonds. The Kier molecular flexibility index (Phi) is 6.31. The molecule has 1 N–H and O–H groups in total. The van der Waals surface area contributed by atoms with Gasteiger partial charge in [-0.15, -0.1) is 0 Å². The van der Waals surface area contributed by atoms with Crippen LogP contribution in [0.3, 0.4) is 0 Å². The third-order valence-corrected chi connectivity index (χ3v) is 4.61. The predicted octanol–water partition coefficient (Wildman–Crippen LogP) is 4.97. The van der Waals surface area contributed by atoms with Gasteiger partial charge in [-0.2, -0.15) is 0 Å². The van der Waals surface area contributed by atoms with E-state index in [-0.39, 0.29) is 5.82 Å². The molecule has 1 atom stereocenters. The second-order valence-corrected chi connectivity index (χ2v) is 6.38. The van der Waals surface area contributed by atoms with E-state index in [4.69, 9.17) is 11.6 Å². The summed E-state index contributed by atoms with van der Waals surface area (Å²) < 4.78 is 13.1. The van der Waals surface area contributed by atoms with Crippen molar-refractivity contribution in [2.75, 3.05) is 6.54 Å². The first-order chi connectivity index (χ1) is 9.69. The van der Waals surface area contributed by atoms with E-state index in [9.17, 15) is 4.39 Å². The van der Waals surface area contributed by atoms with Crippen LogP contribution in [0.15, 0.2) is 18.2 Å². The van der Waals surface area contributed by atoms with Crippen LogP contribution in [0, 0.1) is 11.7 Å². The second-order valence-electron chi connectivity index (χ2n) is 5.98. The average Bonchev–Trinajstić information content (AvgIpc) is 2.92. The van der Waals surface area contributed by atoms with Crippen LogP contribution < -0.4 is 5.32 Å². The lowest BCUT2D eigenvalue weighted by molar-refractivity contribution is 0.385. The van der Waals surface area contributed by atoms with Crippen molar-refractivity contribution in [1.29, 1.82) is 0 Å². The van der Waals surface area contributed by atoms with Gasteiger partial charge in [0.1, 0.15) is 5.82 Å². The van der Waals surface area contributed by atoms with Crippen molar-refractivity contribution in [3.63, 3.8) is 0 Å².